The van der Waals surface area contributed by atoms with E-state index in [2.05, 4.69) is 17.9 Å². The number of nitrogens with zero attached hydrogens (tertiary/aromatic N) is 1. The first-order valence-corrected chi connectivity index (χ1v) is 8.04. The summed E-state index contributed by atoms with van der Waals surface area (Å²) in [5.41, 5.74) is 7.45. The molecule has 4 heteroatoms. The largest absolute Gasteiger partial charge is 0.326 e. The molecule has 0 aromatic heterocycles. The van der Waals surface area contributed by atoms with Crippen molar-refractivity contribution in [1.29, 1.82) is 0 Å². The fourth-order valence-corrected chi connectivity index (χ4v) is 3.68. The molecule has 2 nitrogen and oxygen atoms in total. The monoisotopic (exact) mass is 284 g/mol. The highest BCUT2D eigenvalue weighted by atomic mass is 35.5. The van der Waals surface area contributed by atoms with E-state index >= 15 is 0 Å². The van der Waals surface area contributed by atoms with E-state index in [1.165, 1.54) is 23.5 Å². The van der Waals surface area contributed by atoms with Crippen molar-refractivity contribution in [1.82, 2.24) is 4.90 Å². The molecule has 0 bridgehead atoms. The van der Waals surface area contributed by atoms with E-state index in [0.29, 0.717) is 0 Å². The average Bonchev–Trinajstić information content (AvgIpc) is 2.58. The van der Waals surface area contributed by atoms with Gasteiger partial charge in [0.15, 0.2) is 0 Å². The Morgan fingerprint density at radius 3 is 2.89 bits per heavy atom. The maximum atomic E-state index is 6.21. The molecule has 2 rings (SSSR count). The summed E-state index contributed by atoms with van der Waals surface area (Å²) in [6, 6.07) is 8.52. The zero-order valence-electron chi connectivity index (χ0n) is 10.8. The molecular weight excluding hydrogens is 264 g/mol. The number of nitrogens with two attached hydrogens (primary N) is 1. The summed E-state index contributed by atoms with van der Waals surface area (Å²) in [6.45, 7) is 4.33. The SMILES string of the molecule is CC(N)C(c1cccc(Cl)c1)N1CCCSCC1. The summed E-state index contributed by atoms with van der Waals surface area (Å²) in [7, 11) is 0. The summed E-state index contributed by atoms with van der Waals surface area (Å²) in [4.78, 5) is 2.51. The van der Waals surface area contributed by atoms with Gasteiger partial charge in [-0.1, -0.05) is 23.7 Å². The number of halogens is 1. The molecule has 0 radical (unpaired) electrons. The highest BCUT2D eigenvalue weighted by molar-refractivity contribution is 7.99. The van der Waals surface area contributed by atoms with Crippen molar-refractivity contribution in [3.05, 3.63) is 34.9 Å². The third kappa shape index (κ3) is 3.64. The summed E-state index contributed by atoms with van der Waals surface area (Å²) in [5, 5.41) is 0.794. The van der Waals surface area contributed by atoms with Crippen LogP contribution in [0.4, 0.5) is 0 Å². The zero-order valence-corrected chi connectivity index (χ0v) is 12.4. The van der Waals surface area contributed by atoms with Crippen LogP contribution in [0.3, 0.4) is 0 Å². The molecule has 1 aromatic carbocycles. The van der Waals surface area contributed by atoms with Gasteiger partial charge in [-0.25, -0.2) is 0 Å². The number of benzene rings is 1. The van der Waals surface area contributed by atoms with E-state index < -0.39 is 0 Å². The van der Waals surface area contributed by atoms with Gasteiger partial charge < -0.3 is 5.73 Å². The van der Waals surface area contributed by atoms with Crippen LogP contribution < -0.4 is 5.73 Å². The maximum Gasteiger partial charge on any atom is 0.0497 e. The molecule has 2 unspecified atom stereocenters. The molecule has 0 amide bonds. The molecule has 0 aliphatic carbocycles. The minimum Gasteiger partial charge on any atom is -0.326 e. The minimum absolute atomic E-state index is 0.117. The van der Waals surface area contributed by atoms with E-state index in [4.69, 9.17) is 17.3 Å². The molecule has 2 atom stereocenters. The van der Waals surface area contributed by atoms with E-state index in [9.17, 15) is 0 Å². The third-order valence-corrected chi connectivity index (χ3v) is 4.62. The second-order valence-electron chi connectivity index (χ2n) is 4.86. The van der Waals surface area contributed by atoms with Gasteiger partial charge in [-0.15, -0.1) is 0 Å². The number of rotatable bonds is 3. The standard InChI is InChI=1S/C14H21ClN2S/c1-11(16)14(12-4-2-5-13(15)10-12)17-6-3-8-18-9-7-17/h2,4-5,10-11,14H,3,6-9,16H2,1H3. The summed E-state index contributed by atoms with van der Waals surface area (Å²) in [5.74, 6) is 2.46. The number of thioether (sulfide) groups is 1. The highest BCUT2D eigenvalue weighted by Crippen LogP contribution is 2.27. The maximum absolute atomic E-state index is 6.21. The Kier molecular flexibility index (Phi) is 5.37. The molecule has 1 aliphatic rings. The predicted octanol–water partition coefficient (Wildman–Crippen LogP) is 3.17. The fourth-order valence-electron chi connectivity index (χ4n) is 2.58. The van der Waals surface area contributed by atoms with Gasteiger partial charge in [0, 0.05) is 29.4 Å². The van der Waals surface area contributed by atoms with Crippen LogP contribution in [-0.4, -0.2) is 35.5 Å². The topological polar surface area (TPSA) is 29.3 Å². The first-order valence-electron chi connectivity index (χ1n) is 6.51. The van der Waals surface area contributed by atoms with E-state index in [0.717, 1.165) is 18.1 Å². The molecule has 1 aromatic rings. The lowest BCUT2D eigenvalue weighted by Crippen LogP contribution is -2.40. The van der Waals surface area contributed by atoms with Crippen LogP contribution in [0.25, 0.3) is 0 Å². The summed E-state index contributed by atoms with van der Waals surface area (Å²) < 4.78 is 0. The lowest BCUT2D eigenvalue weighted by molar-refractivity contribution is 0.190. The second kappa shape index (κ2) is 6.80. The lowest BCUT2D eigenvalue weighted by atomic mass is 9.99. The Labute approximate surface area is 119 Å². The zero-order chi connectivity index (χ0) is 13.0. The molecule has 1 heterocycles. The minimum atomic E-state index is 0.117. The molecule has 0 saturated carbocycles. The number of hydrogen-bond acceptors (Lipinski definition) is 3. The lowest BCUT2D eigenvalue weighted by Gasteiger charge is -2.33. The van der Waals surface area contributed by atoms with Gasteiger partial charge in [-0.3, -0.25) is 4.90 Å². The summed E-state index contributed by atoms with van der Waals surface area (Å²) >= 11 is 8.14. The molecular formula is C14H21ClN2S. The van der Waals surface area contributed by atoms with Gasteiger partial charge in [0.25, 0.3) is 0 Å². The molecule has 2 N–H and O–H groups in total. The average molecular weight is 285 g/mol. The highest BCUT2D eigenvalue weighted by Gasteiger charge is 2.24. The van der Waals surface area contributed by atoms with Gasteiger partial charge in [0.05, 0.1) is 0 Å². The van der Waals surface area contributed by atoms with E-state index in [1.807, 2.05) is 30.0 Å². The van der Waals surface area contributed by atoms with Crippen LogP contribution >= 0.6 is 23.4 Å². The first kappa shape index (κ1) is 14.2. The van der Waals surface area contributed by atoms with Crippen LogP contribution in [0.15, 0.2) is 24.3 Å². The fraction of sp³-hybridized carbons (Fsp3) is 0.571. The molecule has 100 valence electrons. The number of hydrogen-bond donors (Lipinski definition) is 1. The van der Waals surface area contributed by atoms with Gasteiger partial charge in [-0.05, 0) is 43.3 Å². The van der Waals surface area contributed by atoms with Crippen LogP contribution in [0.5, 0.6) is 0 Å². The van der Waals surface area contributed by atoms with Crippen molar-refractivity contribution in [3.8, 4) is 0 Å². The third-order valence-electron chi connectivity index (χ3n) is 3.34. The Balaban J connectivity index is 2.21. The molecule has 0 spiro atoms. The van der Waals surface area contributed by atoms with Crippen molar-refractivity contribution in [2.45, 2.75) is 25.4 Å². The van der Waals surface area contributed by atoms with Crippen LogP contribution in [-0.2, 0) is 0 Å². The van der Waals surface area contributed by atoms with Crippen molar-refractivity contribution < 1.29 is 0 Å². The van der Waals surface area contributed by atoms with Gasteiger partial charge in [0.2, 0.25) is 0 Å². The van der Waals surface area contributed by atoms with Gasteiger partial charge in [0.1, 0.15) is 0 Å². The Morgan fingerprint density at radius 1 is 1.33 bits per heavy atom. The summed E-state index contributed by atoms with van der Waals surface area (Å²) in [6.07, 6.45) is 1.24. The van der Waals surface area contributed by atoms with Crippen LogP contribution in [0.1, 0.15) is 24.9 Å². The Hall–Kier alpha value is -0.220. The quantitative estimate of drug-likeness (QED) is 0.924. The molecule has 1 saturated heterocycles. The second-order valence-corrected chi connectivity index (χ2v) is 6.52. The molecule has 1 fully saturated rings. The van der Waals surface area contributed by atoms with Crippen molar-refractivity contribution in [2.75, 3.05) is 24.6 Å². The van der Waals surface area contributed by atoms with E-state index in [-0.39, 0.29) is 12.1 Å². The first-order chi connectivity index (χ1) is 8.68. The van der Waals surface area contributed by atoms with Crippen molar-refractivity contribution in [3.63, 3.8) is 0 Å². The van der Waals surface area contributed by atoms with Crippen molar-refractivity contribution in [2.24, 2.45) is 5.73 Å². The van der Waals surface area contributed by atoms with Crippen LogP contribution in [0, 0.1) is 0 Å². The van der Waals surface area contributed by atoms with E-state index in [1.54, 1.807) is 0 Å². The Morgan fingerprint density at radius 2 is 2.17 bits per heavy atom. The molecule has 1 aliphatic heterocycles. The van der Waals surface area contributed by atoms with Gasteiger partial charge in [-0.2, -0.15) is 11.8 Å². The van der Waals surface area contributed by atoms with Gasteiger partial charge >= 0.3 is 0 Å². The van der Waals surface area contributed by atoms with Crippen LogP contribution in [0.2, 0.25) is 5.02 Å². The normalized spacial score (nSPS) is 21.3. The Bertz CT molecular complexity index is 376. The predicted molar refractivity (Wildman–Crippen MR) is 81.4 cm³/mol. The smallest absolute Gasteiger partial charge is 0.0497 e. The van der Waals surface area contributed by atoms with Crippen molar-refractivity contribution >= 4 is 23.4 Å². The molecule has 18 heavy (non-hydrogen) atoms.